The van der Waals surface area contributed by atoms with Crippen molar-refractivity contribution >= 4 is 22.5 Å². The summed E-state index contributed by atoms with van der Waals surface area (Å²) in [5.74, 6) is 0.797. The van der Waals surface area contributed by atoms with Gasteiger partial charge >= 0.3 is 0 Å². The lowest BCUT2D eigenvalue weighted by Crippen LogP contribution is -2.17. The van der Waals surface area contributed by atoms with E-state index in [2.05, 4.69) is 20.1 Å². The van der Waals surface area contributed by atoms with Gasteiger partial charge in [0.05, 0.1) is 22.8 Å². The average molecular weight is 368 g/mol. The molecule has 7 heteroatoms. The molecule has 3 heterocycles. The van der Waals surface area contributed by atoms with E-state index in [9.17, 15) is 0 Å². The number of halogens is 1. The highest BCUT2D eigenvalue weighted by Gasteiger charge is 2.15. The van der Waals surface area contributed by atoms with E-state index in [-0.39, 0.29) is 0 Å². The van der Waals surface area contributed by atoms with E-state index in [1.807, 2.05) is 55.2 Å². The van der Waals surface area contributed by atoms with Gasteiger partial charge in [-0.3, -0.25) is 14.6 Å². The van der Waals surface area contributed by atoms with Gasteiger partial charge in [0.25, 0.3) is 0 Å². The second-order valence-electron chi connectivity index (χ2n) is 6.29. The van der Waals surface area contributed by atoms with Crippen molar-refractivity contribution in [3.8, 4) is 11.3 Å². The Labute approximate surface area is 156 Å². The van der Waals surface area contributed by atoms with Crippen LogP contribution in [0.2, 0.25) is 5.02 Å². The van der Waals surface area contributed by atoms with Gasteiger partial charge in [-0.1, -0.05) is 22.8 Å². The maximum atomic E-state index is 6.38. The first-order valence-corrected chi connectivity index (χ1v) is 8.64. The topological polar surface area (TPSA) is 60.0 Å². The van der Waals surface area contributed by atoms with Crippen LogP contribution in [0.25, 0.3) is 22.2 Å². The lowest BCUT2D eigenvalue weighted by Gasteiger charge is -2.13. The standard InChI is InChI=1S/C19H18ClN5O/c1-24(11-14-10-16(23-26-14)13-6-8-21-9-7-13)12-17-19-15(20)4-3-5-18(19)25(2)22-17/h3-10H,11-12H2,1-2H3. The number of hydrogen-bond donors (Lipinski definition) is 0. The van der Waals surface area contributed by atoms with Gasteiger partial charge in [0.2, 0.25) is 0 Å². The number of nitrogens with zero attached hydrogens (tertiary/aromatic N) is 5. The summed E-state index contributed by atoms with van der Waals surface area (Å²) < 4.78 is 7.34. The predicted octanol–water partition coefficient (Wildman–Crippen LogP) is 3.91. The van der Waals surface area contributed by atoms with Crippen LogP contribution in [0.1, 0.15) is 11.5 Å². The Morgan fingerprint density at radius 1 is 1.15 bits per heavy atom. The van der Waals surface area contributed by atoms with Crippen molar-refractivity contribution in [2.75, 3.05) is 7.05 Å². The minimum absolute atomic E-state index is 0.626. The monoisotopic (exact) mass is 367 g/mol. The van der Waals surface area contributed by atoms with Crippen LogP contribution >= 0.6 is 11.6 Å². The van der Waals surface area contributed by atoms with Crippen molar-refractivity contribution in [3.63, 3.8) is 0 Å². The van der Waals surface area contributed by atoms with Gasteiger partial charge in [0, 0.05) is 43.0 Å². The molecular weight excluding hydrogens is 350 g/mol. The highest BCUT2D eigenvalue weighted by Crippen LogP contribution is 2.27. The lowest BCUT2D eigenvalue weighted by atomic mass is 10.2. The van der Waals surface area contributed by atoms with Crippen molar-refractivity contribution in [2.45, 2.75) is 13.1 Å². The third kappa shape index (κ3) is 3.21. The zero-order valence-electron chi connectivity index (χ0n) is 14.6. The van der Waals surface area contributed by atoms with Gasteiger partial charge in [-0.2, -0.15) is 5.10 Å². The maximum Gasteiger partial charge on any atom is 0.151 e. The van der Waals surface area contributed by atoms with Crippen LogP contribution in [0.5, 0.6) is 0 Å². The molecule has 0 radical (unpaired) electrons. The number of hydrogen-bond acceptors (Lipinski definition) is 5. The summed E-state index contributed by atoms with van der Waals surface area (Å²) in [7, 11) is 3.95. The first-order valence-electron chi connectivity index (χ1n) is 8.26. The van der Waals surface area contributed by atoms with Crippen LogP contribution in [-0.2, 0) is 20.1 Å². The molecule has 6 nitrogen and oxygen atoms in total. The zero-order valence-corrected chi connectivity index (χ0v) is 15.3. The zero-order chi connectivity index (χ0) is 18.1. The molecule has 132 valence electrons. The van der Waals surface area contributed by atoms with E-state index in [4.69, 9.17) is 16.1 Å². The quantitative estimate of drug-likeness (QED) is 0.535. The molecule has 4 rings (SSSR count). The number of aryl methyl sites for hydroxylation is 1. The molecule has 4 aromatic rings. The van der Waals surface area contributed by atoms with Crippen LogP contribution in [0.3, 0.4) is 0 Å². The fraction of sp³-hybridized carbons (Fsp3) is 0.211. The number of benzene rings is 1. The fourth-order valence-corrected chi connectivity index (χ4v) is 3.37. The summed E-state index contributed by atoms with van der Waals surface area (Å²) in [6.07, 6.45) is 3.48. The molecule has 0 aliphatic heterocycles. The molecule has 26 heavy (non-hydrogen) atoms. The number of rotatable bonds is 5. The normalized spacial score (nSPS) is 11.5. The van der Waals surface area contributed by atoms with E-state index in [0.717, 1.165) is 38.6 Å². The summed E-state index contributed by atoms with van der Waals surface area (Å²) >= 11 is 6.38. The van der Waals surface area contributed by atoms with Crippen LogP contribution in [-0.4, -0.2) is 31.9 Å². The third-order valence-corrected chi connectivity index (χ3v) is 4.59. The molecule has 3 aromatic heterocycles. The predicted molar refractivity (Wildman–Crippen MR) is 101 cm³/mol. The molecule has 0 bridgehead atoms. The summed E-state index contributed by atoms with van der Waals surface area (Å²) in [5, 5.41) is 10.5. The van der Waals surface area contributed by atoms with Crippen LogP contribution in [0.4, 0.5) is 0 Å². The first-order chi connectivity index (χ1) is 12.6. The van der Waals surface area contributed by atoms with E-state index in [1.54, 1.807) is 12.4 Å². The summed E-state index contributed by atoms with van der Waals surface area (Å²) in [5.41, 5.74) is 3.77. The molecule has 0 fully saturated rings. The number of fused-ring (bicyclic) bond motifs is 1. The third-order valence-electron chi connectivity index (χ3n) is 4.28. The Morgan fingerprint density at radius 2 is 1.96 bits per heavy atom. The molecule has 0 spiro atoms. The summed E-state index contributed by atoms with van der Waals surface area (Å²) in [4.78, 5) is 6.15. The lowest BCUT2D eigenvalue weighted by molar-refractivity contribution is 0.265. The van der Waals surface area contributed by atoms with Crippen LogP contribution < -0.4 is 0 Å². The molecule has 1 aromatic carbocycles. The second kappa shape index (κ2) is 6.90. The van der Waals surface area contributed by atoms with E-state index >= 15 is 0 Å². The SMILES string of the molecule is CN(Cc1cc(-c2ccncc2)no1)Cc1nn(C)c2cccc(Cl)c12. The van der Waals surface area contributed by atoms with Gasteiger partial charge < -0.3 is 4.52 Å². The van der Waals surface area contributed by atoms with Gasteiger partial charge in [-0.05, 0) is 31.3 Å². The molecule has 0 saturated heterocycles. The molecule has 0 unspecified atom stereocenters. The van der Waals surface area contributed by atoms with Gasteiger partial charge in [-0.25, -0.2) is 0 Å². The molecule has 0 aliphatic carbocycles. The molecule has 0 atom stereocenters. The Kier molecular flexibility index (Phi) is 4.44. The number of pyridine rings is 1. The summed E-state index contributed by atoms with van der Waals surface area (Å²) in [6.45, 7) is 1.28. The molecule has 0 N–H and O–H groups in total. The van der Waals surface area contributed by atoms with E-state index in [0.29, 0.717) is 13.1 Å². The molecule has 0 amide bonds. The Hall–Kier alpha value is -2.70. The Bertz CT molecular complexity index is 1040. The van der Waals surface area contributed by atoms with Crippen molar-refractivity contribution in [2.24, 2.45) is 7.05 Å². The average Bonchev–Trinajstić information content (AvgIpc) is 3.22. The summed E-state index contributed by atoms with van der Waals surface area (Å²) in [6, 6.07) is 11.6. The van der Waals surface area contributed by atoms with Crippen molar-refractivity contribution < 1.29 is 4.52 Å². The van der Waals surface area contributed by atoms with Crippen molar-refractivity contribution in [1.82, 2.24) is 24.8 Å². The largest absolute Gasteiger partial charge is 0.359 e. The van der Waals surface area contributed by atoms with Crippen molar-refractivity contribution in [1.29, 1.82) is 0 Å². The second-order valence-corrected chi connectivity index (χ2v) is 6.70. The highest BCUT2D eigenvalue weighted by atomic mass is 35.5. The van der Waals surface area contributed by atoms with Gasteiger partial charge in [0.15, 0.2) is 5.76 Å². The Balaban J connectivity index is 1.52. The number of aromatic nitrogens is 4. The fourth-order valence-electron chi connectivity index (χ4n) is 3.09. The van der Waals surface area contributed by atoms with Gasteiger partial charge in [0.1, 0.15) is 5.69 Å². The molecule has 0 saturated carbocycles. The van der Waals surface area contributed by atoms with Crippen LogP contribution in [0, 0.1) is 0 Å². The smallest absolute Gasteiger partial charge is 0.151 e. The van der Waals surface area contributed by atoms with Crippen molar-refractivity contribution in [3.05, 3.63) is 65.3 Å². The highest BCUT2D eigenvalue weighted by molar-refractivity contribution is 6.35. The maximum absolute atomic E-state index is 6.38. The molecule has 0 aliphatic rings. The van der Waals surface area contributed by atoms with E-state index < -0.39 is 0 Å². The minimum atomic E-state index is 0.626. The van der Waals surface area contributed by atoms with Crippen LogP contribution in [0.15, 0.2) is 53.3 Å². The first kappa shape index (κ1) is 16.8. The van der Waals surface area contributed by atoms with E-state index in [1.165, 1.54) is 0 Å². The Morgan fingerprint density at radius 3 is 2.77 bits per heavy atom. The van der Waals surface area contributed by atoms with Gasteiger partial charge in [-0.15, -0.1) is 0 Å². The molecular formula is C19H18ClN5O. The minimum Gasteiger partial charge on any atom is -0.359 e.